The average molecular weight is 396 g/mol. The van der Waals surface area contributed by atoms with E-state index in [1.807, 2.05) is 6.92 Å². The van der Waals surface area contributed by atoms with Crippen molar-refractivity contribution in [3.63, 3.8) is 0 Å². The van der Waals surface area contributed by atoms with E-state index in [9.17, 15) is 13.6 Å². The van der Waals surface area contributed by atoms with Gasteiger partial charge in [0.1, 0.15) is 12.4 Å². The molecule has 0 bridgehead atoms. The molecule has 0 spiro atoms. The molecule has 0 atom stereocenters. The van der Waals surface area contributed by atoms with Gasteiger partial charge in [-0.05, 0) is 32.0 Å². The van der Waals surface area contributed by atoms with E-state index >= 15 is 0 Å². The molecular formula is C17H16ClF2N5O2. The van der Waals surface area contributed by atoms with E-state index in [-0.39, 0.29) is 23.8 Å². The number of hydrogen-bond acceptors (Lipinski definition) is 4. The van der Waals surface area contributed by atoms with Crippen LogP contribution >= 0.6 is 11.6 Å². The van der Waals surface area contributed by atoms with Gasteiger partial charge in [-0.3, -0.25) is 9.48 Å². The Balaban J connectivity index is 1.73. The normalized spacial score (nSPS) is 11.0. The molecule has 2 aromatic heterocycles. The Hall–Kier alpha value is -2.94. The molecule has 0 aliphatic carbocycles. The molecule has 2 heterocycles. The van der Waals surface area contributed by atoms with Crippen LogP contribution in [0.3, 0.4) is 0 Å². The summed E-state index contributed by atoms with van der Waals surface area (Å²) in [7, 11) is 0. The lowest BCUT2D eigenvalue weighted by molar-refractivity contribution is -0.0493. The molecule has 7 nitrogen and oxygen atoms in total. The van der Waals surface area contributed by atoms with Crippen LogP contribution in [0.5, 0.6) is 5.75 Å². The second-order valence-corrected chi connectivity index (χ2v) is 6.07. The third-order valence-corrected chi connectivity index (χ3v) is 4.34. The van der Waals surface area contributed by atoms with Crippen molar-refractivity contribution < 1.29 is 18.3 Å². The van der Waals surface area contributed by atoms with Gasteiger partial charge in [0.25, 0.3) is 5.91 Å². The zero-order valence-corrected chi connectivity index (χ0v) is 15.2. The maximum atomic E-state index is 12.5. The maximum Gasteiger partial charge on any atom is 0.387 e. The van der Waals surface area contributed by atoms with Gasteiger partial charge in [-0.25, -0.2) is 4.68 Å². The number of carbonyl (C=O) groups excluding carboxylic acids is 1. The first-order valence-corrected chi connectivity index (χ1v) is 8.31. The van der Waals surface area contributed by atoms with Crippen molar-refractivity contribution in [2.24, 2.45) is 0 Å². The number of carbonyl (C=O) groups is 1. The van der Waals surface area contributed by atoms with Crippen LogP contribution in [0.25, 0.3) is 0 Å². The summed E-state index contributed by atoms with van der Waals surface area (Å²) in [5.74, 6) is -0.678. The molecule has 0 aliphatic rings. The Morgan fingerprint density at radius 3 is 2.67 bits per heavy atom. The largest absolute Gasteiger partial charge is 0.433 e. The number of amides is 1. The van der Waals surface area contributed by atoms with Crippen LogP contribution in [-0.4, -0.2) is 32.1 Å². The van der Waals surface area contributed by atoms with Crippen molar-refractivity contribution in [3.05, 3.63) is 58.6 Å². The van der Waals surface area contributed by atoms with Crippen molar-refractivity contribution in [1.29, 1.82) is 0 Å². The van der Waals surface area contributed by atoms with Gasteiger partial charge >= 0.3 is 6.61 Å². The number of rotatable bonds is 6. The van der Waals surface area contributed by atoms with Crippen LogP contribution in [-0.2, 0) is 6.67 Å². The second-order valence-electron chi connectivity index (χ2n) is 5.69. The van der Waals surface area contributed by atoms with Crippen LogP contribution in [0.4, 0.5) is 14.5 Å². The highest BCUT2D eigenvalue weighted by atomic mass is 35.5. The quantitative estimate of drug-likeness (QED) is 0.690. The SMILES string of the molecule is Cc1nn(Cn2ccc(C(=O)Nc3ccccc3OC(F)F)n2)c(C)c1Cl. The Labute approximate surface area is 158 Å². The summed E-state index contributed by atoms with van der Waals surface area (Å²) in [5.41, 5.74) is 1.74. The second kappa shape index (κ2) is 7.75. The predicted octanol–water partition coefficient (Wildman–Crippen LogP) is 3.71. The summed E-state index contributed by atoms with van der Waals surface area (Å²) >= 11 is 6.12. The number of aryl methyl sites for hydroxylation is 1. The molecule has 0 saturated carbocycles. The molecule has 1 N–H and O–H groups in total. The summed E-state index contributed by atoms with van der Waals surface area (Å²) < 4.78 is 32.5. The molecule has 0 fully saturated rings. The molecule has 3 rings (SSSR count). The minimum atomic E-state index is -2.99. The summed E-state index contributed by atoms with van der Waals surface area (Å²) in [5, 5.41) is 11.6. The Bertz CT molecular complexity index is 970. The van der Waals surface area contributed by atoms with Crippen molar-refractivity contribution in [2.75, 3.05) is 5.32 Å². The highest BCUT2D eigenvalue weighted by Gasteiger charge is 2.15. The molecule has 3 aromatic rings. The zero-order chi connectivity index (χ0) is 19.6. The molecule has 0 saturated heterocycles. The smallest absolute Gasteiger partial charge is 0.387 e. The molecule has 0 radical (unpaired) electrons. The number of benzene rings is 1. The van der Waals surface area contributed by atoms with Gasteiger partial charge in [0.15, 0.2) is 5.69 Å². The first-order chi connectivity index (χ1) is 12.8. The summed E-state index contributed by atoms with van der Waals surface area (Å²) in [6.07, 6.45) is 1.61. The van der Waals surface area contributed by atoms with Gasteiger partial charge in [-0.1, -0.05) is 23.7 Å². The fourth-order valence-corrected chi connectivity index (χ4v) is 2.60. The Morgan fingerprint density at radius 2 is 2.00 bits per heavy atom. The molecule has 1 aromatic carbocycles. The molecule has 0 unspecified atom stereocenters. The molecule has 10 heteroatoms. The van der Waals surface area contributed by atoms with Crippen LogP contribution in [0.15, 0.2) is 36.5 Å². The molecule has 27 heavy (non-hydrogen) atoms. The highest BCUT2D eigenvalue weighted by molar-refractivity contribution is 6.31. The number of nitrogens with one attached hydrogen (secondary N) is 1. The average Bonchev–Trinajstić information content (AvgIpc) is 3.18. The first kappa shape index (κ1) is 18.8. The van der Waals surface area contributed by atoms with Gasteiger partial charge in [-0.15, -0.1) is 0 Å². The Kier molecular flexibility index (Phi) is 5.41. The fourth-order valence-electron chi connectivity index (χ4n) is 2.47. The topological polar surface area (TPSA) is 74.0 Å². The van der Waals surface area contributed by atoms with Crippen LogP contribution in [0, 0.1) is 13.8 Å². The van der Waals surface area contributed by atoms with E-state index in [1.54, 1.807) is 23.9 Å². The molecule has 1 amide bonds. The van der Waals surface area contributed by atoms with Crippen LogP contribution in [0.1, 0.15) is 21.9 Å². The van der Waals surface area contributed by atoms with Crippen LogP contribution in [0.2, 0.25) is 5.02 Å². The minimum Gasteiger partial charge on any atom is -0.433 e. The van der Waals surface area contributed by atoms with Crippen molar-refractivity contribution in [2.45, 2.75) is 27.1 Å². The number of nitrogens with zero attached hydrogens (tertiary/aromatic N) is 4. The number of hydrogen-bond donors (Lipinski definition) is 1. The number of ether oxygens (including phenoxy) is 1. The summed E-state index contributed by atoms with van der Waals surface area (Å²) in [6, 6.07) is 7.44. The van der Waals surface area contributed by atoms with E-state index in [0.29, 0.717) is 10.7 Å². The lowest BCUT2D eigenvalue weighted by Crippen LogP contribution is -2.16. The fraction of sp³-hybridized carbons (Fsp3) is 0.235. The van der Waals surface area contributed by atoms with Gasteiger partial charge in [0, 0.05) is 6.20 Å². The van der Waals surface area contributed by atoms with Gasteiger partial charge < -0.3 is 10.1 Å². The van der Waals surface area contributed by atoms with E-state index in [2.05, 4.69) is 20.3 Å². The van der Waals surface area contributed by atoms with Gasteiger partial charge in [-0.2, -0.15) is 19.0 Å². The minimum absolute atomic E-state index is 0.120. The molecular weight excluding hydrogens is 380 g/mol. The third-order valence-electron chi connectivity index (χ3n) is 3.80. The maximum absolute atomic E-state index is 12.5. The number of halogens is 3. The van der Waals surface area contributed by atoms with Crippen molar-refractivity contribution in [1.82, 2.24) is 19.6 Å². The molecule has 142 valence electrons. The van der Waals surface area contributed by atoms with Crippen LogP contribution < -0.4 is 10.1 Å². The number of aromatic nitrogens is 4. The zero-order valence-electron chi connectivity index (χ0n) is 14.5. The van der Waals surface area contributed by atoms with Crippen molar-refractivity contribution in [3.8, 4) is 5.75 Å². The van der Waals surface area contributed by atoms with E-state index in [0.717, 1.165) is 5.69 Å². The third kappa shape index (κ3) is 4.25. The first-order valence-electron chi connectivity index (χ1n) is 7.93. The van der Waals surface area contributed by atoms with E-state index in [4.69, 9.17) is 11.6 Å². The highest BCUT2D eigenvalue weighted by Crippen LogP contribution is 2.26. The Morgan fingerprint density at radius 1 is 1.26 bits per heavy atom. The monoisotopic (exact) mass is 395 g/mol. The van der Waals surface area contributed by atoms with E-state index < -0.39 is 12.5 Å². The van der Waals surface area contributed by atoms with E-state index in [1.165, 1.54) is 28.9 Å². The summed E-state index contributed by atoms with van der Waals surface area (Å²) in [4.78, 5) is 12.4. The van der Waals surface area contributed by atoms with Crippen molar-refractivity contribution >= 4 is 23.2 Å². The van der Waals surface area contributed by atoms with Gasteiger partial charge in [0.2, 0.25) is 0 Å². The number of para-hydroxylation sites is 2. The molecule has 0 aliphatic heterocycles. The standard InChI is InChI=1S/C17H16ClF2N5O2/c1-10-15(18)11(2)25(22-10)9-24-8-7-13(23-24)16(26)21-12-5-3-4-6-14(12)27-17(19)20/h3-8,17H,9H2,1-2H3,(H,21,26). The lowest BCUT2D eigenvalue weighted by atomic mass is 10.3. The number of alkyl halides is 2. The number of anilines is 1. The van der Waals surface area contributed by atoms with Gasteiger partial charge in [0.05, 0.1) is 22.1 Å². The predicted molar refractivity (Wildman–Crippen MR) is 95.4 cm³/mol. The lowest BCUT2D eigenvalue weighted by Gasteiger charge is -2.10. The summed E-state index contributed by atoms with van der Waals surface area (Å²) in [6.45, 7) is 0.916.